The second kappa shape index (κ2) is 5.85. The molecule has 2 atom stereocenters. The first kappa shape index (κ1) is 13.6. The largest absolute Gasteiger partial charge is 0.468 e. The van der Waals surface area contributed by atoms with Crippen molar-refractivity contribution in [1.82, 2.24) is 5.32 Å². The fourth-order valence-corrected chi connectivity index (χ4v) is 3.08. The van der Waals surface area contributed by atoms with E-state index in [1.165, 1.54) is 24.8 Å². The first-order chi connectivity index (χ1) is 8.63. The molecular formula is C14H21NO2S. The number of esters is 1. The van der Waals surface area contributed by atoms with Crippen LogP contribution in [0.2, 0.25) is 0 Å². The number of nitrogens with one attached hydrogen (secondary N) is 1. The molecule has 0 bridgehead atoms. The van der Waals surface area contributed by atoms with Crippen molar-refractivity contribution in [2.45, 2.75) is 38.8 Å². The average Bonchev–Trinajstić information content (AvgIpc) is 3.04. The molecule has 3 nitrogen and oxygen atoms in total. The van der Waals surface area contributed by atoms with Crippen LogP contribution in [0.4, 0.5) is 0 Å². The van der Waals surface area contributed by atoms with Crippen molar-refractivity contribution in [2.75, 3.05) is 7.11 Å². The molecule has 1 saturated carbocycles. The highest BCUT2D eigenvalue weighted by atomic mass is 32.1. The van der Waals surface area contributed by atoms with Crippen LogP contribution in [0.1, 0.15) is 37.6 Å². The van der Waals surface area contributed by atoms with Crippen LogP contribution in [-0.4, -0.2) is 19.1 Å². The van der Waals surface area contributed by atoms with E-state index in [2.05, 4.69) is 22.8 Å². The van der Waals surface area contributed by atoms with E-state index in [1.54, 1.807) is 11.3 Å². The number of methoxy groups -OCH3 is 1. The summed E-state index contributed by atoms with van der Waals surface area (Å²) in [6.45, 7) is 4.10. The number of carbonyl (C=O) groups excluding carboxylic acids is 1. The minimum absolute atomic E-state index is 0.160. The summed E-state index contributed by atoms with van der Waals surface area (Å²) in [6.07, 6.45) is 2.50. The summed E-state index contributed by atoms with van der Waals surface area (Å²) >= 11 is 1.76. The van der Waals surface area contributed by atoms with Gasteiger partial charge in [0, 0.05) is 10.9 Å². The maximum Gasteiger partial charge on any atom is 0.323 e. The van der Waals surface area contributed by atoms with Crippen molar-refractivity contribution < 1.29 is 9.53 Å². The summed E-state index contributed by atoms with van der Waals surface area (Å²) in [5, 5.41) is 5.60. The lowest BCUT2D eigenvalue weighted by molar-refractivity contribution is -0.144. The van der Waals surface area contributed by atoms with Gasteiger partial charge in [-0.1, -0.05) is 19.9 Å². The molecule has 1 heterocycles. The molecule has 1 aromatic heterocycles. The Balaban J connectivity index is 2.09. The van der Waals surface area contributed by atoms with E-state index in [4.69, 9.17) is 4.74 Å². The molecule has 1 aliphatic carbocycles. The number of ether oxygens (including phenoxy) is 1. The molecule has 2 unspecified atom stereocenters. The molecule has 0 saturated heterocycles. The lowest BCUT2D eigenvalue weighted by Crippen LogP contribution is -2.44. The molecule has 0 amide bonds. The van der Waals surface area contributed by atoms with Crippen LogP contribution in [0.3, 0.4) is 0 Å². The van der Waals surface area contributed by atoms with E-state index in [-0.39, 0.29) is 17.9 Å². The second-order valence-electron chi connectivity index (χ2n) is 5.24. The van der Waals surface area contributed by atoms with Gasteiger partial charge in [0.05, 0.1) is 7.11 Å². The summed E-state index contributed by atoms with van der Waals surface area (Å²) in [4.78, 5) is 13.1. The van der Waals surface area contributed by atoms with Gasteiger partial charge in [-0.3, -0.25) is 10.1 Å². The van der Waals surface area contributed by atoms with Gasteiger partial charge in [-0.15, -0.1) is 11.3 Å². The van der Waals surface area contributed by atoms with E-state index >= 15 is 0 Å². The zero-order valence-electron chi connectivity index (χ0n) is 11.2. The molecular weight excluding hydrogens is 246 g/mol. The Bertz CT molecular complexity index is 385. The highest BCUT2D eigenvalue weighted by molar-refractivity contribution is 7.10. The minimum atomic E-state index is -0.220. The second-order valence-corrected chi connectivity index (χ2v) is 6.22. The number of hydrogen-bond donors (Lipinski definition) is 1. The van der Waals surface area contributed by atoms with Crippen molar-refractivity contribution in [2.24, 2.45) is 11.8 Å². The topological polar surface area (TPSA) is 38.3 Å². The molecule has 2 rings (SSSR count). The van der Waals surface area contributed by atoms with Gasteiger partial charge in [-0.25, -0.2) is 0 Å². The third-order valence-corrected chi connectivity index (χ3v) is 4.38. The van der Waals surface area contributed by atoms with Crippen molar-refractivity contribution in [3.05, 3.63) is 22.4 Å². The quantitative estimate of drug-likeness (QED) is 0.805. The fraction of sp³-hybridized carbons (Fsp3) is 0.643. The Kier molecular flexibility index (Phi) is 4.40. The predicted molar refractivity (Wildman–Crippen MR) is 73.6 cm³/mol. The summed E-state index contributed by atoms with van der Waals surface area (Å²) in [6, 6.07) is 4.30. The number of carbonyl (C=O) groups is 1. The average molecular weight is 267 g/mol. The molecule has 0 aromatic carbocycles. The third kappa shape index (κ3) is 3.12. The van der Waals surface area contributed by atoms with Gasteiger partial charge in [0.2, 0.25) is 0 Å². The van der Waals surface area contributed by atoms with Gasteiger partial charge in [0.1, 0.15) is 6.04 Å². The Morgan fingerprint density at radius 3 is 2.67 bits per heavy atom. The van der Waals surface area contributed by atoms with E-state index in [1.807, 2.05) is 13.8 Å². The van der Waals surface area contributed by atoms with E-state index in [0.717, 1.165) is 0 Å². The Hall–Kier alpha value is -0.870. The third-order valence-electron chi connectivity index (χ3n) is 3.42. The summed E-state index contributed by atoms with van der Waals surface area (Å²) in [5.41, 5.74) is 0. The van der Waals surface area contributed by atoms with Crippen LogP contribution in [0.25, 0.3) is 0 Å². The fourth-order valence-electron chi connectivity index (χ4n) is 2.20. The highest BCUT2D eigenvalue weighted by Crippen LogP contribution is 2.42. The Morgan fingerprint density at radius 1 is 1.50 bits per heavy atom. The maximum absolute atomic E-state index is 11.8. The van der Waals surface area contributed by atoms with Gasteiger partial charge in [0.25, 0.3) is 0 Å². The lowest BCUT2D eigenvalue weighted by atomic mass is 10.0. The first-order valence-corrected chi connectivity index (χ1v) is 7.38. The minimum Gasteiger partial charge on any atom is -0.468 e. The van der Waals surface area contributed by atoms with E-state index < -0.39 is 0 Å². The van der Waals surface area contributed by atoms with Crippen molar-refractivity contribution in [3.63, 3.8) is 0 Å². The van der Waals surface area contributed by atoms with Crippen LogP contribution >= 0.6 is 11.3 Å². The van der Waals surface area contributed by atoms with Crippen LogP contribution in [-0.2, 0) is 9.53 Å². The molecule has 1 aliphatic rings. The normalized spacial score (nSPS) is 18.7. The first-order valence-electron chi connectivity index (χ1n) is 6.50. The Labute approximate surface area is 113 Å². The summed E-state index contributed by atoms with van der Waals surface area (Å²) in [5.74, 6) is 0.750. The molecule has 1 aromatic rings. The number of rotatable bonds is 6. The Morgan fingerprint density at radius 2 is 2.22 bits per heavy atom. The molecule has 1 fully saturated rings. The van der Waals surface area contributed by atoms with E-state index in [9.17, 15) is 4.79 Å². The molecule has 100 valence electrons. The van der Waals surface area contributed by atoms with Crippen molar-refractivity contribution in [1.29, 1.82) is 0 Å². The van der Waals surface area contributed by atoms with Crippen LogP contribution < -0.4 is 5.32 Å². The van der Waals surface area contributed by atoms with Crippen LogP contribution in [0, 0.1) is 11.8 Å². The summed E-state index contributed by atoms with van der Waals surface area (Å²) in [7, 11) is 1.46. The molecule has 18 heavy (non-hydrogen) atoms. The lowest BCUT2D eigenvalue weighted by Gasteiger charge is -2.26. The molecule has 0 aliphatic heterocycles. The van der Waals surface area contributed by atoms with Gasteiger partial charge in [-0.05, 0) is 36.1 Å². The highest BCUT2D eigenvalue weighted by Gasteiger charge is 2.36. The van der Waals surface area contributed by atoms with Gasteiger partial charge < -0.3 is 4.74 Å². The van der Waals surface area contributed by atoms with Gasteiger partial charge in [0.15, 0.2) is 0 Å². The standard InChI is InChI=1S/C14H21NO2S/c1-9(2)12(14(16)17-3)15-13(10-6-7-10)11-5-4-8-18-11/h4-5,8-10,12-13,15H,6-7H2,1-3H3. The van der Waals surface area contributed by atoms with Crippen LogP contribution in [0.15, 0.2) is 17.5 Å². The summed E-state index contributed by atoms with van der Waals surface area (Å²) < 4.78 is 4.89. The zero-order valence-corrected chi connectivity index (χ0v) is 12.0. The van der Waals surface area contributed by atoms with Gasteiger partial charge >= 0.3 is 5.97 Å². The number of thiophene rings is 1. The van der Waals surface area contributed by atoms with E-state index in [0.29, 0.717) is 12.0 Å². The smallest absolute Gasteiger partial charge is 0.323 e. The molecule has 1 N–H and O–H groups in total. The maximum atomic E-state index is 11.8. The zero-order chi connectivity index (χ0) is 13.1. The van der Waals surface area contributed by atoms with Gasteiger partial charge in [-0.2, -0.15) is 0 Å². The van der Waals surface area contributed by atoms with Crippen molar-refractivity contribution >= 4 is 17.3 Å². The number of hydrogen-bond acceptors (Lipinski definition) is 4. The molecule has 0 radical (unpaired) electrons. The van der Waals surface area contributed by atoms with Crippen LogP contribution in [0.5, 0.6) is 0 Å². The van der Waals surface area contributed by atoms with Crippen molar-refractivity contribution in [3.8, 4) is 0 Å². The molecule has 0 spiro atoms. The molecule has 4 heteroatoms. The predicted octanol–water partition coefficient (Wildman–Crippen LogP) is 2.99. The SMILES string of the molecule is COC(=O)C(NC(c1cccs1)C1CC1)C(C)C. The monoisotopic (exact) mass is 267 g/mol.